The molecule has 2 aromatic rings. The molecule has 1 aliphatic rings. The van der Waals surface area contributed by atoms with Crippen LogP contribution in [0.15, 0.2) is 74.6 Å². The SMILES string of the molecule is C=NC(=Nc1ccccc1SC(C)C)/C(Cl)=C\Nc1ccc(N2CCNCC2)cc1.CN. The van der Waals surface area contributed by atoms with Crippen LogP contribution in [0, 0.1) is 0 Å². The first-order valence-electron chi connectivity index (χ1n) is 10.6. The second-order valence-electron chi connectivity index (χ2n) is 7.15. The van der Waals surface area contributed by atoms with E-state index in [1.165, 1.54) is 12.7 Å². The van der Waals surface area contributed by atoms with Crippen molar-refractivity contribution in [2.45, 2.75) is 24.0 Å². The van der Waals surface area contributed by atoms with Gasteiger partial charge >= 0.3 is 0 Å². The van der Waals surface area contributed by atoms with Crippen LogP contribution in [-0.4, -0.2) is 51.0 Å². The van der Waals surface area contributed by atoms with Crippen LogP contribution in [0.4, 0.5) is 17.1 Å². The Balaban J connectivity index is 0.00000176. The fourth-order valence-electron chi connectivity index (χ4n) is 3.08. The van der Waals surface area contributed by atoms with Crippen LogP contribution < -0.4 is 21.3 Å². The van der Waals surface area contributed by atoms with E-state index in [1.54, 1.807) is 18.0 Å². The zero-order chi connectivity index (χ0) is 23.3. The maximum atomic E-state index is 6.47. The van der Waals surface area contributed by atoms with E-state index in [-0.39, 0.29) is 0 Å². The van der Waals surface area contributed by atoms with Gasteiger partial charge in [0.15, 0.2) is 5.84 Å². The van der Waals surface area contributed by atoms with Gasteiger partial charge in [-0.1, -0.05) is 37.6 Å². The van der Waals surface area contributed by atoms with Crippen LogP contribution in [0.25, 0.3) is 0 Å². The number of rotatable bonds is 7. The van der Waals surface area contributed by atoms with Gasteiger partial charge in [-0.3, -0.25) is 0 Å². The molecule has 1 fully saturated rings. The molecule has 0 saturated carbocycles. The van der Waals surface area contributed by atoms with E-state index in [4.69, 9.17) is 11.6 Å². The quantitative estimate of drug-likeness (QED) is 0.297. The van der Waals surface area contributed by atoms with Crippen molar-refractivity contribution in [3.63, 3.8) is 0 Å². The number of hydrogen-bond acceptors (Lipinski definition) is 6. The maximum absolute atomic E-state index is 6.47. The minimum atomic E-state index is 0.387. The molecule has 0 aliphatic carbocycles. The lowest BCUT2D eigenvalue weighted by Gasteiger charge is -2.29. The highest BCUT2D eigenvalue weighted by atomic mass is 35.5. The van der Waals surface area contributed by atoms with Gasteiger partial charge in [0, 0.05) is 53.9 Å². The minimum Gasteiger partial charge on any atom is -0.369 e. The summed E-state index contributed by atoms with van der Waals surface area (Å²) in [5.74, 6) is 0.387. The topological polar surface area (TPSA) is 78.0 Å². The Kier molecular flexibility index (Phi) is 11.3. The lowest BCUT2D eigenvalue weighted by atomic mass is 10.2. The summed E-state index contributed by atoms with van der Waals surface area (Å²) in [6.07, 6.45) is 1.70. The van der Waals surface area contributed by atoms with E-state index in [0.29, 0.717) is 16.1 Å². The highest BCUT2D eigenvalue weighted by Gasteiger charge is 2.10. The molecule has 0 bridgehead atoms. The Bertz CT molecular complexity index is 905. The summed E-state index contributed by atoms with van der Waals surface area (Å²) in [4.78, 5) is 12.1. The first-order valence-corrected chi connectivity index (χ1v) is 11.9. The van der Waals surface area contributed by atoms with Gasteiger partial charge in [-0.15, -0.1) is 11.8 Å². The summed E-state index contributed by atoms with van der Waals surface area (Å²) in [5.41, 5.74) is 7.52. The fourth-order valence-corrected chi connectivity index (χ4v) is 4.14. The van der Waals surface area contributed by atoms with Crippen LogP contribution in [0.5, 0.6) is 0 Å². The molecule has 32 heavy (non-hydrogen) atoms. The van der Waals surface area contributed by atoms with Crippen LogP contribution in [0.3, 0.4) is 0 Å². The van der Waals surface area contributed by atoms with Gasteiger partial charge in [0.25, 0.3) is 0 Å². The average molecular weight is 473 g/mol. The fraction of sp³-hybridized carbons (Fsp3) is 0.333. The molecular weight excluding hydrogens is 440 g/mol. The highest BCUT2D eigenvalue weighted by molar-refractivity contribution is 8.00. The molecule has 6 nitrogen and oxygen atoms in total. The summed E-state index contributed by atoms with van der Waals surface area (Å²) < 4.78 is 0. The van der Waals surface area contributed by atoms with Crippen LogP contribution in [0.2, 0.25) is 0 Å². The highest BCUT2D eigenvalue weighted by Crippen LogP contribution is 2.32. The second-order valence-corrected chi connectivity index (χ2v) is 9.17. The van der Waals surface area contributed by atoms with Crippen molar-refractivity contribution in [3.8, 4) is 0 Å². The molecule has 0 amide bonds. The lowest BCUT2D eigenvalue weighted by Crippen LogP contribution is -2.43. The molecule has 0 unspecified atom stereocenters. The largest absolute Gasteiger partial charge is 0.369 e. The number of amidine groups is 1. The molecule has 172 valence electrons. The molecule has 0 atom stereocenters. The lowest BCUT2D eigenvalue weighted by molar-refractivity contribution is 0.589. The van der Waals surface area contributed by atoms with Crippen molar-refractivity contribution in [3.05, 3.63) is 59.8 Å². The summed E-state index contributed by atoms with van der Waals surface area (Å²) in [6.45, 7) is 12.0. The molecule has 8 heteroatoms. The zero-order valence-electron chi connectivity index (χ0n) is 19.0. The summed E-state index contributed by atoms with van der Waals surface area (Å²) in [6, 6.07) is 16.3. The molecule has 1 heterocycles. The number of benzene rings is 2. The maximum Gasteiger partial charge on any atom is 0.172 e. The van der Waals surface area contributed by atoms with Crippen LogP contribution in [-0.2, 0) is 0 Å². The molecular formula is C24H33ClN6S. The van der Waals surface area contributed by atoms with Gasteiger partial charge in [-0.25, -0.2) is 9.98 Å². The van der Waals surface area contributed by atoms with E-state index >= 15 is 0 Å². The Hall–Kier alpha value is -2.32. The average Bonchev–Trinajstić information content (AvgIpc) is 2.84. The molecule has 0 aromatic heterocycles. The van der Waals surface area contributed by atoms with Crippen molar-refractivity contribution < 1.29 is 0 Å². The minimum absolute atomic E-state index is 0.387. The third-order valence-corrected chi connectivity index (χ3v) is 5.88. The molecule has 0 radical (unpaired) electrons. The van der Waals surface area contributed by atoms with Crippen molar-refractivity contribution in [1.29, 1.82) is 0 Å². The van der Waals surface area contributed by atoms with E-state index in [2.05, 4.69) is 70.0 Å². The first-order chi connectivity index (χ1) is 15.6. The van der Waals surface area contributed by atoms with Gasteiger partial charge in [-0.05, 0) is 50.2 Å². The molecule has 3 rings (SSSR count). The third kappa shape index (κ3) is 7.98. The summed E-state index contributed by atoms with van der Waals surface area (Å²) in [7, 11) is 1.50. The van der Waals surface area contributed by atoms with Gasteiger partial charge in [0.05, 0.1) is 5.69 Å². The van der Waals surface area contributed by atoms with Crippen LogP contribution in [0.1, 0.15) is 13.8 Å². The van der Waals surface area contributed by atoms with Crippen molar-refractivity contribution in [2.24, 2.45) is 15.7 Å². The molecule has 1 saturated heterocycles. The molecule has 1 aliphatic heterocycles. The van der Waals surface area contributed by atoms with E-state index in [9.17, 15) is 0 Å². The Morgan fingerprint density at radius 3 is 2.44 bits per heavy atom. The number of aliphatic imine (C=N–C) groups is 2. The monoisotopic (exact) mass is 472 g/mol. The van der Waals surface area contributed by atoms with Gasteiger partial charge in [0.2, 0.25) is 0 Å². The number of para-hydroxylation sites is 1. The van der Waals surface area contributed by atoms with Gasteiger partial charge < -0.3 is 21.3 Å². The number of nitrogens with one attached hydrogen (secondary N) is 2. The molecule has 4 N–H and O–H groups in total. The standard InChI is InChI=1S/C23H28ClN5S.CH5N/c1-17(2)30-22-7-5-4-6-21(22)28-23(25-3)20(24)16-27-18-8-10-19(11-9-18)29-14-12-26-13-15-29;1-2/h4-11,16-17,26-27H,3,12-15H2,1-2H3;2H2,1H3/b20-16+,28-23?;. The number of thioether (sulfide) groups is 1. The van der Waals surface area contributed by atoms with E-state index in [1.807, 2.05) is 30.3 Å². The predicted octanol–water partition coefficient (Wildman–Crippen LogP) is 5.09. The van der Waals surface area contributed by atoms with Gasteiger partial charge in [-0.2, -0.15) is 0 Å². The third-order valence-electron chi connectivity index (χ3n) is 4.53. The van der Waals surface area contributed by atoms with E-state index < -0.39 is 0 Å². The smallest absolute Gasteiger partial charge is 0.172 e. The number of nitrogens with zero attached hydrogens (tertiary/aromatic N) is 3. The normalized spacial score (nSPS) is 14.6. The molecule has 2 aromatic carbocycles. The number of halogens is 1. The van der Waals surface area contributed by atoms with E-state index in [0.717, 1.165) is 42.4 Å². The number of nitrogens with two attached hydrogens (primary N) is 1. The summed E-state index contributed by atoms with van der Waals surface area (Å²) in [5, 5.41) is 7.45. The Morgan fingerprint density at radius 1 is 1.16 bits per heavy atom. The van der Waals surface area contributed by atoms with Crippen molar-refractivity contribution in [2.75, 3.05) is 43.4 Å². The van der Waals surface area contributed by atoms with Crippen molar-refractivity contribution in [1.82, 2.24) is 5.32 Å². The Labute approximate surface area is 201 Å². The van der Waals surface area contributed by atoms with Crippen LogP contribution >= 0.6 is 23.4 Å². The first kappa shape index (κ1) is 25.9. The number of anilines is 2. The number of piperazine rings is 1. The summed E-state index contributed by atoms with van der Waals surface area (Å²) >= 11 is 8.23. The predicted molar refractivity (Wildman–Crippen MR) is 143 cm³/mol. The second kappa shape index (κ2) is 14.0. The zero-order valence-corrected chi connectivity index (χ0v) is 20.6. The van der Waals surface area contributed by atoms with Crippen molar-refractivity contribution >= 4 is 53.0 Å². The Morgan fingerprint density at radius 2 is 1.81 bits per heavy atom. The van der Waals surface area contributed by atoms with Gasteiger partial charge in [0.1, 0.15) is 5.03 Å². The molecule has 0 spiro atoms. The number of hydrogen-bond donors (Lipinski definition) is 3.